The van der Waals surface area contributed by atoms with Crippen LogP contribution >= 0.6 is 0 Å². The minimum Gasteiger partial charge on any atom is -0.477 e. The summed E-state index contributed by atoms with van der Waals surface area (Å²) in [4.78, 5) is 22.4. The highest BCUT2D eigenvalue weighted by Crippen LogP contribution is 2.55. The number of urea groups is 1. The quantitative estimate of drug-likeness (QED) is 0.618. The Labute approximate surface area is 211 Å². The molecule has 1 saturated carbocycles. The van der Waals surface area contributed by atoms with E-state index < -0.39 is 0 Å². The predicted octanol–water partition coefficient (Wildman–Crippen LogP) is -0.157. The summed E-state index contributed by atoms with van der Waals surface area (Å²) < 4.78 is 12.4. The maximum atomic E-state index is 13.7. The number of carbonyl (C=O) groups is 1. The number of pyridine rings is 1. The van der Waals surface area contributed by atoms with Gasteiger partial charge < -0.3 is 24.6 Å². The van der Waals surface area contributed by atoms with Crippen LogP contribution in [0.15, 0.2) is 24.5 Å². The first-order valence-electron chi connectivity index (χ1n) is 13.4. The van der Waals surface area contributed by atoms with Crippen molar-refractivity contribution >= 4 is 29.6 Å². The van der Waals surface area contributed by atoms with Crippen molar-refractivity contribution in [3.8, 4) is 5.88 Å². The molecule has 7 nitrogen and oxygen atoms in total. The Bertz CT molecular complexity index is 1060. The van der Waals surface area contributed by atoms with E-state index in [-0.39, 0.29) is 22.3 Å². The smallest absolute Gasteiger partial charge is 0.320 e. The first kappa shape index (κ1) is 23.3. The normalized spacial score (nSPS) is 38.0. The van der Waals surface area contributed by atoms with Crippen LogP contribution in [0.4, 0.5) is 4.79 Å². The monoisotopic (exact) mass is 474 g/mol. The Hall–Kier alpha value is -2.09. The minimum atomic E-state index is -0.322. The molecule has 0 radical (unpaired) electrons. The predicted molar refractivity (Wildman–Crippen MR) is 143 cm³/mol. The zero-order valence-corrected chi connectivity index (χ0v) is 21.6. The van der Waals surface area contributed by atoms with E-state index in [0.717, 1.165) is 56.8 Å². The number of fused-ring (bicyclic) bond motifs is 4. The number of nitrogens with one attached hydrogen (secondary N) is 1. The number of carbonyl (C=O) groups excluding carboxylic acids is 1. The number of likely N-dealkylation sites (tertiary alicyclic amines) is 2. The zero-order valence-electron chi connectivity index (χ0n) is 21.6. The minimum absolute atomic E-state index is 0.100. The van der Waals surface area contributed by atoms with Gasteiger partial charge >= 0.3 is 6.03 Å². The number of aromatic nitrogens is 1. The second-order valence-electron chi connectivity index (χ2n) is 12.4. The van der Waals surface area contributed by atoms with E-state index >= 15 is 0 Å². The van der Waals surface area contributed by atoms with E-state index in [1.54, 1.807) is 0 Å². The van der Waals surface area contributed by atoms with Gasteiger partial charge in [0.15, 0.2) is 0 Å². The van der Waals surface area contributed by atoms with Crippen molar-refractivity contribution in [2.75, 3.05) is 32.8 Å². The van der Waals surface area contributed by atoms with Crippen molar-refractivity contribution < 1.29 is 14.3 Å². The molecule has 0 spiro atoms. The van der Waals surface area contributed by atoms with Gasteiger partial charge in [-0.25, -0.2) is 9.78 Å². The first-order valence-corrected chi connectivity index (χ1v) is 13.4. The Kier molecular flexibility index (Phi) is 5.48. The molecule has 10 heteroatoms. The fraction of sp³-hybridized carbons (Fsp3) is 0.680. The number of amides is 2. The van der Waals surface area contributed by atoms with Crippen LogP contribution in [0.3, 0.4) is 0 Å². The van der Waals surface area contributed by atoms with Gasteiger partial charge in [0.05, 0.1) is 18.7 Å². The molecule has 1 N–H and O–H groups in total. The summed E-state index contributed by atoms with van der Waals surface area (Å²) >= 11 is 0. The van der Waals surface area contributed by atoms with Crippen LogP contribution in [0.5, 0.6) is 5.88 Å². The number of morpholine rings is 1. The second-order valence-corrected chi connectivity index (χ2v) is 12.4. The second kappa shape index (κ2) is 8.22. The maximum absolute atomic E-state index is 13.7. The van der Waals surface area contributed by atoms with E-state index in [0.29, 0.717) is 31.7 Å². The Morgan fingerprint density at radius 3 is 2.83 bits per heavy atom. The van der Waals surface area contributed by atoms with Crippen molar-refractivity contribution in [1.29, 1.82) is 0 Å². The van der Waals surface area contributed by atoms with E-state index in [1.165, 1.54) is 24.0 Å². The summed E-state index contributed by atoms with van der Waals surface area (Å²) in [7, 11) is 6.66. The molecule has 3 aliphatic heterocycles. The van der Waals surface area contributed by atoms with Gasteiger partial charge in [0, 0.05) is 49.1 Å². The van der Waals surface area contributed by atoms with Gasteiger partial charge in [-0.05, 0) is 67.3 Å². The molecule has 4 heterocycles. The molecule has 0 aromatic carbocycles. The third-order valence-corrected chi connectivity index (χ3v) is 9.92. The Balaban J connectivity index is 1.08. The fourth-order valence-electron chi connectivity index (χ4n) is 7.37. The molecule has 2 bridgehead atoms. The van der Waals surface area contributed by atoms with E-state index in [4.69, 9.17) is 9.47 Å². The summed E-state index contributed by atoms with van der Waals surface area (Å²) in [6.07, 6.45) is 9.71. The van der Waals surface area contributed by atoms with Gasteiger partial charge in [0.1, 0.15) is 23.5 Å². The molecule has 1 aromatic rings. The largest absolute Gasteiger partial charge is 0.477 e. The highest BCUT2D eigenvalue weighted by Gasteiger charge is 2.57. The number of hydrogen-bond donors (Lipinski definition) is 1. The standard InChI is InChI=1S/C25H37B3N4O3/c1-16-12-35-25(28)6-7-31(15-24(25,27)30-16)22(33)32-14-23(26)10-20(32)9-19(23)13-34-21-8-17-4-2-3-5-18(17)11-29-21/h8,11,19-20,30H,1-7,9-10,12-15,26-28H2/t19-,20?,23+,24-,25+/m1/s1. The van der Waals surface area contributed by atoms with E-state index in [2.05, 4.69) is 51.4 Å². The zero-order chi connectivity index (χ0) is 24.4. The lowest BCUT2D eigenvalue weighted by Crippen LogP contribution is -2.76. The topological polar surface area (TPSA) is 66.9 Å². The van der Waals surface area contributed by atoms with Crippen molar-refractivity contribution in [2.24, 2.45) is 5.92 Å². The van der Waals surface area contributed by atoms with Gasteiger partial charge in [-0.3, -0.25) is 0 Å². The molecular formula is C25H37B3N4O3. The SMILES string of the molecule is B[C@]12CC(C[C@@H]1COc1cc3c(cn1)CCCC3)N(C(=O)N1CC[C@]3(B)OCC(=C)N[C@]3(B)C1)C2. The van der Waals surface area contributed by atoms with Gasteiger partial charge in [0.2, 0.25) is 5.88 Å². The number of nitrogens with zero attached hydrogens (tertiary/aromatic N) is 3. The molecule has 184 valence electrons. The molecule has 1 unspecified atom stereocenters. The van der Waals surface area contributed by atoms with Crippen LogP contribution in [-0.2, 0) is 17.6 Å². The summed E-state index contributed by atoms with van der Waals surface area (Å²) in [5.74, 6) is 1.21. The van der Waals surface area contributed by atoms with E-state index in [1.807, 2.05) is 11.1 Å². The summed E-state index contributed by atoms with van der Waals surface area (Å²) in [6, 6.07) is 2.63. The van der Waals surface area contributed by atoms with Crippen LogP contribution in [0.1, 0.15) is 43.2 Å². The molecule has 35 heavy (non-hydrogen) atoms. The number of rotatable bonds is 3. The molecule has 5 atom stereocenters. The lowest BCUT2D eigenvalue weighted by atomic mass is 9.52. The molecule has 3 saturated heterocycles. The number of hydrogen-bond acceptors (Lipinski definition) is 5. The average Bonchev–Trinajstić information content (AvgIpc) is 3.35. The van der Waals surface area contributed by atoms with E-state index in [9.17, 15) is 4.79 Å². The Morgan fingerprint density at radius 1 is 1.26 bits per heavy atom. The van der Waals surface area contributed by atoms with Gasteiger partial charge in [-0.2, -0.15) is 0 Å². The number of piperidine rings is 2. The lowest BCUT2D eigenvalue weighted by molar-refractivity contribution is -0.0706. The third-order valence-electron chi connectivity index (χ3n) is 9.92. The van der Waals surface area contributed by atoms with Crippen molar-refractivity contribution in [3.63, 3.8) is 0 Å². The average molecular weight is 474 g/mol. The van der Waals surface area contributed by atoms with Crippen LogP contribution in [0.25, 0.3) is 0 Å². The van der Waals surface area contributed by atoms with Gasteiger partial charge in [0.25, 0.3) is 0 Å². The van der Waals surface area contributed by atoms with Crippen LogP contribution in [0, 0.1) is 5.92 Å². The van der Waals surface area contributed by atoms with Crippen LogP contribution < -0.4 is 10.1 Å². The molecule has 5 aliphatic rings. The molecule has 2 amide bonds. The fourth-order valence-corrected chi connectivity index (χ4v) is 7.37. The van der Waals surface area contributed by atoms with Crippen LogP contribution in [-0.4, -0.2) is 94.2 Å². The Morgan fingerprint density at radius 2 is 2.06 bits per heavy atom. The highest BCUT2D eigenvalue weighted by molar-refractivity contribution is 6.27. The first-order chi connectivity index (χ1) is 16.7. The summed E-state index contributed by atoms with van der Waals surface area (Å²) in [5, 5.41) is 3.66. The maximum Gasteiger partial charge on any atom is 0.320 e. The summed E-state index contributed by atoms with van der Waals surface area (Å²) in [6.45, 7) is 7.47. The lowest BCUT2D eigenvalue weighted by Gasteiger charge is -2.57. The highest BCUT2D eigenvalue weighted by atomic mass is 16.5. The third kappa shape index (κ3) is 3.87. The molecule has 4 fully saturated rings. The number of ether oxygens (including phenoxy) is 2. The molecule has 2 aliphatic carbocycles. The summed E-state index contributed by atoms with van der Waals surface area (Å²) in [5.41, 5.74) is 3.08. The van der Waals surface area contributed by atoms with Crippen LogP contribution in [0.2, 0.25) is 5.31 Å². The van der Waals surface area contributed by atoms with Crippen molar-refractivity contribution in [3.05, 3.63) is 35.7 Å². The molecule has 6 rings (SSSR count). The van der Waals surface area contributed by atoms with Crippen molar-refractivity contribution in [1.82, 2.24) is 20.1 Å². The molecule has 1 aromatic heterocycles. The van der Waals surface area contributed by atoms with Gasteiger partial charge in [-0.15, -0.1) is 0 Å². The van der Waals surface area contributed by atoms with Crippen molar-refractivity contribution in [2.45, 2.75) is 67.2 Å². The molecular weight excluding hydrogens is 437 g/mol. The van der Waals surface area contributed by atoms with Gasteiger partial charge in [-0.1, -0.05) is 6.58 Å². The number of aryl methyl sites for hydroxylation is 2.